The standard InChI is InChI=1S/C23H25N7O5.C18H16ClN5O4.C5H10N2O/c1-32-16-9-13(10-17(33-2)20(16)34-3)29-11-18(25-12-29)27-22-19-14(6-8-35-19)26-23(28-22)30-7-4-5-15(30)21(24)31;1-25-12-6-10(7-13(26-2)16(12)27-3)24-8-14(20-9-24)22-17-15-11(4-5-28-15)21-18(19)23-17;6-5(8)4-2-1-3-7-4/h6,8-12,15H,4-5,7H2,1-3H3,(H2,24,31)(H,26,27,28);4-9H,1-3H3,(H,21,22,23);4,7H,1-3H2,(H2,6,8)/t15-;;4-/m0.0/s1. The summed E-state index contributed by atoms with van der Waals surface area (Å²) in [5.74, 6) is 4.87. The van der Waals surface area contributed by atoms with E-state index in [9.17, 15) is 9.59 Å². The Hall–Kier alpha value is -8.51. The van der Waals surface area contributed by atoms with Gasteiger partial charge in [-0.3, -0.25) is 9.59 Å². The molecule has 24 nitrogen and oxygen atoms in total. The fourth-order valence-electron chi connectivity index (χ4n) is 7.95. The SMILES string of the molecule is COc1cc(-n2cnc(Nc3nc(Cl)nc4ccoc34)c2)cc(OC)c1OC.COc1cc(-n2cnc(Nc3nc(N4CCC[C@H]4C(N)=O)nc4ccoc34)c2)cc(OC)c1OC.NC(=O)[C@@H]1CCCN1. The number of furan rings is 2. The molecule has 0 unspecified atom stereocenters. The Balaban J connectivity index is 0.000000167. The van der Waals surface area contributed by atoms with Crippen molar-refractivity contribution >= 4 is 74.8 Å². The molecule has 0 radical (unpaired) electrons. The molecular formula is C46H51ClN14O10. The number of hydrogen-bond donors (Lipinski definition) is 5. The van der Waals surface area contributed by atoms with Crippen LogP contribution in [0.5, 0.6) is 34.5 Å². The van der Waals surface area contributed by atoms with Crippen molar-refractivity contribution in [3.05, 3.63) is 79.3 Å². The van der Waals surface area contributed by atoms with Crippen LogP contribution < -0.4 is 60.7 Å². The van der Waals surface area contributed by atoms with Crippen molar-refractivity contribution in [1.82, 2.24) is 44.4 Å². The maximum atomic E-state index is 11.9. The monoisotopic (exact) mass is 994 g/mol. The molecule has 0 saturated carbocycles. The minimum atomic E-state index is -0.438. The molecule has 25 heteroatoms. The lowest BCUT2D eigenvalue weighted by Crippen LogP contribution is -2.41. The first-order valence-electron chi connectivity index (χ1n) is 21.9. The average molecular weight is 995 g/mol. The van der Waals surface area contributed by atoms with E-state index in [2.05, 4.69) is 45.9 Å². The fourth-order valence-corrected chi connectivity index (χ4v) is 8.12. The molecule has 2 atom stereocenters. The maximum Gasteiger partial charge on any atom is 0.240 e. The average Bonchev–Trinajstić information content (AvgIpc) is 4.24. The number of amides is 2. The Bertz CT molecular complexity index is 3100. The van der Waals surface area contributed by atoms with Crippen molar-refractivity contribution < 1.29 is 46.8 Å². The number of methoxy groups -OCH3 is 6. The lowest BCUT2D eigenvalue weighted by molar-refractivity contribution is -0.120. The van der Waals surface area contributed by atoms with Crippen molar-refractivity contribution in [2.45, 2.75) is 37.8 Å². The van der Waals surface area contributed by atoms with Crippen LogP contribution in [0.25, 0.3) is 33.6 Å². The number of ether oxygens (including phenoxy) is 6. The van der Waals surface area contributed by atoms with Gasteiger partial charge in [-0.1, -0.05) is 0 Å². The van der Waals surface area contributed by atoms with Gasteiger partial charge in [0.05, 0.1) is 85.0 Å². The summed E-state index contributed by atoms with van der Waals surface area (Å²) in [6, 6.07) is 10.2. The molecule has 2 aliphatic heterocycles. The predicted molar refractivity (Wildman–Crippen MR) is 261 cm³/mol. The molecule has 0 bridgehead atoms. The largest absolute Gasteiger partial charge is 0.493 e. The summed E-state index contributed by atoms with van der Waals surface area (Å²) in [6.45, 7) is 1.58. The normalized spacial score (nSPS) is 15.1. The van der Waals surface area contributed by atoms with Crippen LogP contribution in [0.3, 0.4) is 0 Å². The summed E-state index contributed by atoms with van der Waals surface area (Å²) in [5.41, 5.74) is 14.3. The van der Waals surface area contributed by atoms with Gasteiger partial charge in [-0.25, -0.2) is 19.9 Å². The van der Waals surface area contributed by atoms with E-state index in [4.69, 9.17) is 60.3 Å². The number of nitrogens with two attached hydrogens (primary N) is 2. The summed E-state index contributed by atoms with van der Waals surface area (Å²) in [7, 11) is 9.36. The number of rotatable bonds is 15. The summed E-state index contributed by atoms with van der Waals surface area (Å²) in [5, 5.41) is 9.39. The fraction of sp³-hybridized carbons (Fsp3) is 0.304. The first-order valence-corrected chi connectivity index (χ1v) is 22.3. The van der Waals surface area contributed by atoms with Crippen LogP contribution in [-0.4, -0.2) is 119 Å². The van der Waals surface area contributed by atoms with Crippen LogP contribution in [0.15, 0.2) is 82.8 Å². The van der Waals surface area contributed by atoms with Crippen LogP contribution in [0.1, 0.15) is 25.7 Å². The predicted octanol–water partition coefficient (Wildman–Crippen LogP) is 5.69. The molecule has 0 aliphatic carbocycles. The number of imidazole rings is 2. The zero-order valence-corrected chi connectivity index (χ0v) is 40.2. The number of nitrogens with zero attached hydrogens (tertiary/aromatic N) is 9. The van der Waals surface area contributed by atoms with Gasteiger partial charge in [0.1, 0.15) is 41.4 Å². The third-order valence-electron chi connectivity index (χ3n) is 11.4. The molecule has 10 rings (SSSR count). The Morgan fingerprint density at radius 2 is 1.18 bits per heavy atom. The number of fused-ring (bicyclic) bond motifs is 2. The molecule has 8 heterocycles. The molecule has 7 N–H and O–H groups in total. The second-order valence-electron chi connectivity index (χ2n) is 15.6. The minimum Gasteiger partial charge on any atom is -0.493 e. The first kappa shape index (κ1) is 48.9. The number of carbonyl (C=O) groups is 2. The van der Waals surface area contributed by atoms with Gasteiger partial charge in [0.25, 0.3) is 0 Å². The highest BCUT2D eigenvalue weighted by Crippen LogP contribution is 2.41. The summed E-state index contributed by atoms with van der Waals surface area (Å²) < 4.78 is 47.1. The van der Waals surface area contributed by atoms with Crippen molar-refractivity contribution in [1.29, 1.82) is 0 Å². The van der Waals surface area contributed by atoms with Crippen LogP contribution in [0.2, 0.25) is 5.28 Å². The maximum absolute atomic E-state index is 11.9. The highest BCUT2D eigenvalue weighted by molar-refractivity contribution is 6.28. The Labute approximate surface area is 410 Å². The Kier molecular flexibility index (Phi) is 15.1. The number of hydrogen-bond acceptors (Lipinski definition) is 20. The van der Waals surface area contributed by atoms with Gasteiger partial charge in [0, 0.05) is 42.9 Å². The van der Waals surface area contributed by atoms with E-state index < -0.39 is 11.9 Å². The number of nitrogens with one attached hydrogen (secondary N) is 3. The quantitative estimate of drug-likeness (QED) is 0.0771. The summed E-state index contributed by atoms with van der Waals surface area (Å²) in [6.07, 6.45) is 13.4. The van der Waals surface area contributed by atoms with E-state index >= 15 is 0 Å². The van der Waals surface area contributed by atoms with Gasteiger partial charge in [0.15, 0.2) is 45.8 Å². The molecule has 6 aromatic heterocycles. The number of halogens is 1. The second kappa shape index (κ2) is 21.8. The van der Waals surface area contributed by atoms with E-state index in [1.54, 1.807) is 95.2 Å². The molecule has 0 spiro atoms. The van der Waals surface area contributed by atoms with Crippen LogP contribution in [-0.2, 0) is 9.59 Å². The molecule has 2 aliphatic rings. The van der Waals surface area contributed by atoms with Crippen molar-refractivity contribution in [3.63, 3.8) is 0 Å². The van der Waals surface area contributed by atoms with Crippen LogP contribution in [0, 0.1) is 0 Å². The van der Waals surface area contributed by atoms with E-state index in [0.29, 0.717) is 98.9 Å². The highest BCUT2D eigenvalue weighted by Gasteiger charge is 2.32. The van der Waals surface area contributed by atoms with Gasteiger partial charge >= 0.3 is 0 Å². The molecule has 372 valence electrons. The Morgan fingerprint density at radius 3 is 1.62 bits per heavy atom. The summed E-state index contributed by atoms with van der Waals surface area (Å²) in [4.78, 5) is 50.4. The van der Waals surface area contributed by atoms with E-state index in [0.717, 1.165) is 37.2 Å². The van der Waals surface area contributed by atoms with Crippen LogP contribution >= 0.6 is 11.6 Å². The molecule has 2 amide bonds. The number of carbonyl (C=O) groups excluding carboxylic acids is 2. The molecular weight excluding hydrogens is 944 g/mol. The molecule has 71 heavy (non-hydrogen) atoms. The lowest BCUT2D eigenvalue weighted by Gasteiger charge is -2.22. The second-order valence-corrected chi connectivity index (χ2v) is 16.0. The van der Waals surface area contributed by atoms with Gasteiger partial charge in [-0.15, -0.1) is 0 Å². The van der Waals surface area contributed by atoms with Gasteiger partial charge in [-0.05, 0) is 43.8 Å². The molecule has 2 fully saturated rings. The third kappa shape index (κ3) is 10.7. The highest BCUT2D eigenvalue weighted by atomic mass is 35.5. The molecule has 8 aromatic rings. The van der Waals surface area contributed by atoms with Gasteiger partial charge in [0.2, 0.25) is 34.5 Å². The van der Waals surface area contributed by atoms with Gasteiger partial charge in [-0.2, -0.15) is 9.97 Å². The smallest absolute Gasteiger partial charge is 0.240 e. The van der Waals surface area contributed by atoms with E-state index in [1.165, 1.54) is 6.26 Å². The van der Waals surface area contributed by atoms with Gasteiger partial charge < -0.3 is 78.7 Å². The summed E-state index contributed by atoms with van der Waals surface area (Å²) >= 11 is 5.97. The van der Waals surface area contributed by atoms with E-state index in [-0.39, 0.29) is 17.2 Å². The Morgan fingerprint density at radius 1 is 0.676 bits per heavy atom. The third-order valence-corrected chi connectivity index (χ3v) is 11.5. The molecule has 2 aromatic carbocycles. The van der Waals surface area contributed by atoms with Crippen molar-refractivity contribution in [3.8, 4) is 45.9 Å². The zero-order valence-electron chi connectivity index (χ0n) is 39.5. The van der Waals surface area contributed by atoms with Crippen molar-refractivity contribution in [2.24, 2.45) is 11.5 Å². The minimum absolute atomic E-state index is 0.0463. The number of benzene rings is 2. The number of anilines is 5. The van der Waals surface area contributed by atoms with Crippen molar-refractivity contribution in [2.75, 3.05) is 71.3 Å². The zero-order chi connectivity index (χ0) is 50.2. The number of aromatic nitrogens is 8. The topological polar surface area (TPSA) is 294 Å². The van der Waals surface area contributed by atoms with E-state index in [1.807, 2.05) is 29.2 Å². The lowest BCUT2D eigenvalue weighted by atomic mass is 10.2. The molecule has 2 saturated heterocycles. The number of primary amides is 2. The first-order chi connectivity index (χ1) is 34.4. The van der Waals surface area contributed by atoms with Crippen LogP contribution in [0.4, 0.5) is 29.2 Å².